The van der Waals surface area contributed by atoms with E-state index in [-0.39, 0.29) is 5.56 Å². The largest absolute Gasteiger partial charge is 0.366 e. The number of hydrogen-bond acceptors (Lipinski definition) is 2. The second kappa shape index (κ2) is 6.82. The minimum atomic E-state index is -0.618. The zero-order valence-electron chi connectivity index (χ0n) is 11.1. The van der Waals surface area contributed by atoms with Gasteiger partial charge in [-0.25, -0.2) is 4.39 Å². The van der Waals surface area contributed by atoms with Crippen LogP contribution >= 0.6 is 0 Å². The zero-order chi connectivity index (χ0) is 14.4. The maximum atomic E-state index is 13.7. The molecule has 2 aromatic rings. The second-order valence-corrected chi connectivity index (χ2v) is 4.58. The summed E-state index contributed by atoms with van der Waals surface area (Å²) in [7, 11) is 0. The highest BCUT2D eigenvalue weighted by atomic mass is 19.1. The van der Waals surface area contributed by atoms with Gasteiger partial charge in [0, 0.05) is 17.7 Å². The first-order chi connectivity index (χ1) is 9.66. The summed E-state index contributed by atoms with van der Waals surface area (Å²) >= 11 is 0. The van der Waals surface area contributed by atoms with Gasteiger partial charge in [-0.2, -0.15) is 0 Å². The average molecular weight is 272 g/mol. The summed E-state index contributed by atoms with van der Waals surface area (Å²) in [6.07, 6.45) is 0.891. The van der Waals surface area contributed by atoms with Crippen molar-refractivity contribution in [3.63, 3.8) is 0 Å². The predicted molar refractivity (Wildman–Crippen MR) is 76.8 cm³/mol. The van der Waals surface area contributed by atoms with Crippen molar-refractivity contribution >= 4 is 5.91 Å². The highest BCUT2D eigenvalue weighted by Gasteiger charge is 2.06. The van der Waals surface area contributed by atoms with E-state index in [4.69, 9.17) is 5.73 Å². The lowest BCUT2D eigenvalue weighted by Crippen LogP contribution is -2.18. The Labute approximate surface area is 117 Å². The van der Waals surface area contributed by atoms with E-state index in [1.165, 1.54) is 11.6 Å². The number of benzene rings is 2. The molecule has 3 nitrogen and oxygen atoms in total. The van der Waals surface area contributed by atoms with Crippen LogP contribution < -0.4 is 11.1 Å². The van der Waals surface area contributed by atoms with E-state index >= 15 is 0 Å². The van der Waals surface area contributed by atoms with E-state index in [0.29, 0.717) is 12.1 Å². The Morgan fingerprint density at radius 3 is 2.55 bits per heavy atom. The van der Waals surface area contributed by atoms with Crippen molar-refractivity contribution in [3.8, 4) is 0 Å². The lowest BCUT2D eigenvalue weighted by molar-refractivity contribution is 0.1000. The fraction of sp³-hybridized carbons (Fsp3) is 0.188. The first-order valence-corrected chi connectivity index (χ1v) is 6.49. The van der Waals surface area contributed by atoms with Crippen molar-refractivity contribution in [1.82, 2.24) is 5.32 Å². The SMILES string of the molecule is NC(=O)c1ccc(CNCCc2ccccc2)c(F)c1. The van der Waals surface area contributed by atoms with Crippen LogP contribution in [0, 0.1) is 5.82 Å². The molecule has 0 bridgehead atoms. The molecule has 0 heterocycles. The molecule has 0 saturated carbocycles. The van der Waals surface area contributed by atoms with Gasteiger partial charge in [0.05, 0.1) is 0 Å². The Hall–Kier alpha value is -2.20. The third kappa shape index (κ3) is 3.90. The number of nitrogens with one attached hydrogen (secondary N) is 1. The lowest BCUT2D eigenvalue weighted by atomic mass is 10.1. The van der Waals surface area contributed by atoms with Crippen LogP contribution in [0.4, 0.5) is 4.39 Å². The van der Waals surface area contributed by atoms with Gasteiger partial charge in [0.25, 0.3) is 0 Å². The number of rotatable bonds is 6. The highest BCUT2D eigenvalue weighted by molar-refractivity contribution is 5.92. The minimum Gasteiger partial charge on any atom is -0.366 e. The summed E-state index contributed by atoms with van der Waals surface area (Å²) in [4.78, 5) is 10.9. The Morgan fingerprint density at radius 2 is 1.90 bits per heavy atom. The molecule has 4 heteroatoms. The van der Waals surface area contributed by atoms with Gasteiger partial charge in [0.2, 0.25) is 5.91 Å². The molecule has 0 aromatic heterocycles. The molecule has 0 spiro atoms. The second-order valence-electron chi connectivity index (χ2n) is 4.58. The summed E-state index contributed by atoms with van der Waals surface area (Å²) in [5, 5.41) is 3.18. The Balaban J connectivity index is 1.84. The predicted octanol–water partition coefficient (Wildman–Crippen LogP) is 2.26. The molecule has 1 amide bonds. The number of hydrogen-bond donors (Lipinski definition) is 2. The molecule has 0 atom stereocenters. The van der Waals surface area contributed by atoms with Gasteiger partial charge in [0.1, 0.15) is 5.82 Å². The first kappa shape index (κ1) is 14.2. The molecule has 0 radical (unpaired) electrons. The van der Waals surface area contributed by atoms with Crippen LogP contribution in [-0.4, -0.2) is 12.5 Å². The maximum absolute atomic E-state index is 13.7. The normalized spacial score (nSPS) is 10.4. The van der Waals surface area contributed by atoms with E-state index in [2.05, 4.69) is 17.4 Å². The fourth-order valence-corrected chi connectivity index (χ4v) is 1.94. The van der Waals surface area contributed by atoms with Crippen molar-refractivity contribution in [2.45, 2.75) is 13.0 Å². The molecule has 20 heavy (non-hydrogen) atoms. The topological polar surface area (TPSA) is 55.1 Å². The quantitative estimate of drug-likeness (QED) is 0.792. The summed E-state index contributed by atoms with van der Waals surface area (Å²) in [5.74, 6) is -1.03. The van der Waals surface area contributed by atoms with Crippen LogP contribution in [0.25, 0.3) is 0 Å². The minimum absolute atomic E-state index is 0.190. The lowest BCUT2D eigenvalue weighted by Gasteiger charge is -2.07. The van der Waals surface area contributed by atoms with Crippen molar-refractivity contribution in [1.29, 1.82) is 0 Å². The number of carbonyl (C=O) groups is 1. The van der Waals surface area contributed by atoms with Gasteiger partial charge >= 0.3 is 0 Å². The summed E-state index contributed by atoms with van der Waals surface area (Å²) < 4.78 is 13.7. The molecule has 104 valence electrons. The molecule has 2 aromatic carbocycles. The van der Waals surface area contributed by atoms with Gasteiger partial charge in [0.15, 0.2) is 0 Å². The number of carbonyl (C=O) groups excluding carboxylic acids is 1. The fourth-order valence-electron chi connectivity index (χ4n) is 1.94. The zero-order valence-corrected chi connectivity index (χ0v) is 11.1. The molecule has 2 rings (SSSR count). The Bertz CT molecular complexity index is 584. The van der Waals surface area contributed by atoms with Crippen LogP contribution in [0.5, 0.6) is 0 Å². The summed E-state index contributed by atoms with van der Waals surface area (Å²) in [6.45, 7) is 1.19. The van der Waals surface area contributed by atoms with E-state index in [1.807, 2.05) is 18.2 Å². The molecule has 0 aliphatic heterocycles. The number of amides is 1. The van der Waals surface area contributed by atoms with Gasteiger partial charge in [-0.3, -0.25) is 4.79 Å². The molecule has 0 aliphatic carbocycles. The number of primary amides is 1. The van der Waals surface area contributed by atoms with E-state index in [1.54, 1.807) is 12.1 Å². The standard InChI is InChI=1S/C16H17FN2O/c17-15-10-13(16(18)20)6-7-14(15)11-19-9-8-12-4-2-1-3-5-12/h1-7,10,19H,8-9,11H2,(H2,18,20). The Kier molecular flexibility index (Phi) is 4.85. The van der Waals surface area contributed by atoms with Crippen LogP contribution in [0.1, 0.15) is 21.5 Å². The third-order valence-electron chi connectivity index (χ3n) is 3.09. The summed E-state index contributed by atoms with van der Waals surface area (Å²) in [5.41, 5.74) is 7.06. The smallest absolute Gasteiger partial charge is 0.248 e. The van der Waals surface area contributed by atoms with E-state index in [0.717, 1.165) is 13.0 Å². The van der Waals surface area contributed by atoms with E-state index in [9.17, 15) is 9.18 Å². The summed E-state index contributed by atoms with van der Waals surface area (Å²) in [6, 6.07) is 14.4. The van der Waals surface area contributed by atoms with Gasteiger partial charge in [-0.05, 0) is 30.7 Å². The first-order valence-electron chi connectivity index (χ1n) is 6.49. The van der Waals surface area contributed by atoms with Gasteiger partial charge in [-0.1, -0.05) is 36.4 Å². The van der Waals surface area contributed by atoms with Crippen molar-refractivity contribution < 1.29 is 9.18 Å². The van der Waals surface area contributed by atoms with Crippen molar-refractivity contribution in [3.05, 3.63) is 71.0 Å². The molecule has 3 N–H and O–H groups in total. The van der Waals surface area contributed by atoms with Gasteiger partial charge < -0.3 is 11.1 Å². The number of halogens is 1. The van der Waals surface area contributed by atoms with Gasteiger partial charge in [-0.15, -0.1) is 0 Å². The molecule has 0 saturated heterocycles. The maximum Gasteiger partial charge on any atom is 0.248 e. The molecule has 0 fully saturated rings. The number of nitrogens with two attached hydrogens (primary N) is 1. The molecule has 0 unspecified atom stereocenters. The van der Waals surface area contributed by atoms with Crippen LogP contribution in [0.15, 0.2) is 48.5 Å². The molecular formula is C16H17FN2O. The van der Waals surface area contributed by atoms with Crippen LogP contribution in [0.3, 0.4) is 0 Å². The monoisotopic (exact) mass is 272 g/mol. The third-order valence-corrected chi connectivity index (χ3v) is 3.09. The highest BCUT2D eigenvalue weighted by Crippen LogP contribution is 2.10. The molecular weight excluding hydrogens is 255 g/mol. The van der Waals surface area contributed by atoms with Crippen LogP contribution in [-0.2, 0) is 13.0 Å². The molecule has 0 aliphatic rings. The van der Waals surface area contributed by atoms with Crippen molar-refractivity contribution in [2.24, 2.45) is 5.73 Å². The Morgan fingerprint density at radius 1 is 1.15 bits per heavy atom. The van der Waals surface area contributed by atoms with E-state index < -0.39 is 11.7 Å². The van der Waals surface area contributed by atoms with Crippen molar-refractivity contribution in [2.75, 3.05) is 6.54 Å². The average Bonchev–Trinajstić information content (AvgIpc) is 2.46. The van der Waals surface area contributed by atoms with Crippen LogP contribution in [0.2, 0.25) is 0 Å².